The van der Waals surface area contributed by atoms with Crippen molar-refractivity contribution in [2.75, 3.05) is 18.9 Å². The Hall–Kier alpha value is -2.68. The zero-order valence-electron chi connectivity index (χ0n) is 12.4. The molecular formula is C15H12F2N2O4S. The topological polar surface area (TPSA) is 67.9 Å². The Morgan fingerprint density at radius 1 is 1.25 bits per heavy atom. The fraction of sp³-hybridized carbons (Fsp3) is 0.200. The van der Waals surface area contributed by atoms with Crippen LogP contribution in [0.3, 0.4) is 0 Å². The number of alkyl halides is 2. The fourth-order valence-corrected chi connectivity index (χ4v) is 2.82. The van der Waals surface area contributed by atoms with Gasteiger partial charge in [-0.2, -0.15) is 0 Å². The number of nitrogens with one attached hydrogen (secondary N) is 1. The minimum atomic E-state index is -3.71. The van der Waals surface area contributed by atoms with Crippen molar-refractivity contribution >= 4 is 28.8 Å². The van der Waals surface area contributed by atoms with E-state index in [-0.39, 0.29) is 29.6 Å². The summed E-state index contributed by atoms with van der Waals surface area (Å²) in [4.78, 5) is 25.8. The van der Waals surface area contributed by atoms with Crippen LogP contribution in [-0.4, -0.2) is 36.6 Å². The molecule has 1 aromatic carbocycles. The molecule has 3 rings (SSSR count). The number of fused-ring (bicyclic) bond motifs is 1. The lowest BCUT2D eigenvalue weighted by molar-refractivity contribution is -0.286. The Bertz CT molecular complexity index is 780. The summed E-state index contributed by atoms with van der Waals surface area (Å²) in [5, 5.41) is 4.29. The van der Waals surface area contributed by atoms with E-state index in [9.17, 15) is 18.4 Å². The van der Waals surface area contributed by atoms with Crippen LogP contribution in [0.25, 0.3) is 0 Å². The third-order valence-electron chi connectivity index (χ3n) is 3.14. The molecule has 0 atom stereocenters. The van der Waals surface area contributed by atoms with Gasteiger partial charge in [-0.05, 0) is 23.6 Å². The van der Waals surface area contributed by atoms with E-state index in [0.29, 0.717) is 4.88 Å². The zero-order valence-corrected chi connectivity index (χ0v) is 13.2. The minimum absolute atomic E-state index is 0.108. The van der Waals surface area contributed by atoms with Gasteiger partial charge in [0, 0.05) is 18.8 Å². The highest BCUT2D eigenvalue weighted by Gasteiger charge is 2.43. The molecule has 1 aliphatic rings. The summed E-state index contributed by atoms with van der Waals surface area (Å²) >= 11 is 1.28. The maximum atomic E-state index is 13.0. The highest BCUT2D eigenvalue weighted by Crippen LogP contribution is 2.42. The van der Waals surface area contributed by atoms with Crippen LogP contribution in [0.4, 0.5) is 14.5 Å². The summed E-state index contributed by atoms with van der Waals surface area (Å²) in [6.45, 7) is -0.179. The quantitative estimate of drug-likeness (QED) is 0.917. The molecule has 0 aliphatic carbocycles. The number of thiophene rings is 1. The second-order valence-electron chi connectivity index (χ2n) is 5.02. The molecule has 126 valence electrons. The normalized spacial score (nSPS) is 14.3. The summed E-state index contributed by atoms with van der Waals surface area (Å²) in [6.07, 6.45) is -3.71. The van der Waals surface area contributed by atoms with Crippen molar-refractivity contribution in [3.63, 3.8) is 0 Å². The van der Waals surface area contributed by atoms with Crippen LogP contribution >= 0.6 is 11.3 Å². The van der Waals surface area contributed by atoms with Gasteiger partial charge in [0.05, 0.1) is 11.4 Å². The van der Waals surface area contributed by atoms with E-state index in [1.54, 1.807) is 17.5 Å². The van der Waals surface area contributed by atoms with Gasteiger partial charge < -0.3 is 19.7 Å². The summed E-state index contributed by atoms with van der Waals surface area (Å²) in [5.74, 6) is -1.01. The molecule has 9 heteroatoms. The van der Waals surface area contributed by atoms with Crippen molar-refractivity contribution in [2.24, 2.45) is 0 Å². The maximum Gasteiger partial charge on any atom is 0.586 e. The zero-order chi connectivity index (χ0) is 17.3. The summed E-state index contributed by atoms with van der Waals surface area (Å²) in [6, 6.07) is 7.32. The molecule has 0 saturated carbocycles. The number of benzene rings is 1. The van der Waals surface area contributed by atoms with Crippen LogP contribution in [0.5, 0.6) is 11.5 Å². The second kappa shape index (κ2) is 6.08. The lowest BCUT2D eigenvalue weighted by atomic mass is 10.2. The van der Waals surface area contributed by atoms with Gasteiger partial charge in [0.15, 0.2) is 11.5 Å². The van der Waals surface area contributed by atoms with E-state index in [0.717, 1.165) is 0 Å². The average Bonchev–Trinajstić information content (AvgIpc) is 3.11. The number of likely N-dealkylation sites (N-methyl/N-ethyl adjacent to an activating group) is 1. The third-order valence-corrected chi connectivity index (χ3v) is 4.00. The predicted molar refractivity (Wildman–Crippen MR) is 82.6 cm³/mol. The molecule has 0 saturated heterocycles. The Kier molecular flexibility index (Phi) is 4.10. The highest BCUT2D eigenvalue weighted by atomic mass is 32.1. The maximum absolute atomic E-state index is 13.0. The molecule has 1 N–H and O–H groups in total. The van der Waals surface area contributed by atoms with Crippen molar-refractivity contribution in [3.05, 3.63) is 40.6 Å². The number of ether oxygens (including phenoxy) is 2. The van der Waals surface area contributed by atoms with Gasteiger partial charge in [-0.3, -0.25) is 9.59 Å². The molecule has 2 heterocycles. The number of hydrogen-bond acceptors (Lipinski definition) is 5. The third kappa shape index (κ3) is 3.46. The van der Waals surface area contributed by atoms with Crippen LogP contribution in [0.2, 0.25) is 0 Å². The minimum Gasteiger partial charge on any atom is -0.395 e. The average molecular weight is 354 g/mol. The second-order valence-corrected chi connectivity index (χ2v) is 5.96. The van der Waals surface area contributed by atoms with Gasteiger partial charge in [0.25, 0.3) is 5.91 Å². The molecule has 1 aliphatic heterocycles. The number of halogens is 2. The number of carbonyl (C=O) groups excluding carboxylic acids is 2. The van der Waals surface area contributed by atoms with E-state index in [4.69, 9.17) is 0 Å². The van der Waals surface area contributed by atoms with Gasteiger partial charge in [-0.25, -0.2) is 0 Å². The Labute approximate surface area is 139 Å². The van der Waals surface area contributed by atoms with Crippen LogP contribution in [0.15, 0.2) is 35.7 Å². The van der Waals surface area contributed by atoms with Gasteiger partial charge in [-0.1, -0.05) is 6.07 Å². The number of rotatable bonds is 4. The lowest BCUT2D eigenvalue weighted by Crippen LogP contribution is -2.34. The van der Waals surface area contributed by atoms with E-state index in [1.807, 2.05) is 0 Å². The number of carbonyl (C=O) groups is 2. The smallest absolute Gasteiger partial charge is 0.395 e. The summed E-state index contributed by atoms with van der Waals surface area (Å²) < 4.78 is 34.5. The van der Waals surface area contributed by atoms with Crippen molar-refractivity contribution in [2.45, 2.75) is 6.29 Å². The first-order valence-corrected chi connectivity index (χ1v) is 7.71. The molecule has 6 nitrogen and oxygen atoms in total. The summed E-state index contributed by atoms with van der Waals surface area (Å²) in [7, 11) is 1.50. The SMILES string of the molecule is CN(CC(=O)Nc1ccc2c(c1)OC(F)(F)O2)C(=O)c1cccs1. The largest absolute Gasteiger partial charge is 0.586 e. The molecule has 0 bridgehead atoms. The highest BCUT2D eigenvalue weighted by molar-refractivity contribution is 7.12. The van der Waals surface area contributed by atoms with Crippen molar-refractivity contribution in [3.8, 4) is 11.5 Å². The number of amides is 2. The van der Waals surface area contributed by atoms with E-state index in [2.05, 4.69) is 14.8 Å². The lowest BCUT2D eigenvalue weighted by Gasteiger charge is -2.16. The van der Waals surface area contributed by atoms with Crippen LogP contribution in [0.1, 0.15) is 9.67 Å². The first kappa shape index (κ1) is 16.2. The van der Waals surface area contributed by atoms with Crippen molar-refractivity contribution < 1.29 is 27.8 Å². The monoisotopic (exact) mass is 354 g/mol. The fourth-order valence-electron chi connectivity index (χ4n) is 2.10. The Morgan fingerprint density at radius 2 is 2.00 bits per heavy atom. The van der Waals surface area contributed by atoms with E-state index < -0.39 is 12.2 Å². The summed E-state index contributed by atoms with van der Waals surface area (Å²) in [5.41, 5.74) is 0.261. The molecule has 0 radical (unpaired) electrons. The van der Waals surface area contributed by atoms with Crippen molar-refractivity contribution in [1.29, 1.82) is 0 Å². The molecular weight excluding hydrogens is 342 g/mol. The molecule has 1 aromatic heterocycles. The number of hydrogen-bond donors (Lipinski definition) is 1. The first-order valence-electron chi connectivity index (χ1n) is 6.83. The molecule has 24 heavy (non-hydrogen) atoms. The van der Waals surface area contributed by atoms with Gasteiger partial charge in [0.1, 0.15) is 0 Å². The van der Waals surface area contributed by atoms with Crippen LogP contribution in [0, 0.1) is 0 Å². The van der Waals surface area contributed by atoms with Crippen molar-refractivity contribution in [1.82, 2.24) is 4.90 Å². The first-order chi connectivity index (χ1) is 11.3. The van der Waals surface area contributed by atoms with E-state index >= 15 is 0 Å². The van der Waals surface area contributed by atoms with Gasteiger partial charge in [0.2, 0.25) is 5.91 Å². The van der Waals surface area contributed by atoms with E-state index in [1.165, 1.54) is 41.5 Å². The molecule has 2 aromatic rings. The van der Waals surface area contributed by atoms with Gasteiger partial charge >= 0.3 is 6.29 Å². The van der Waals surface area contributed by atoms with Gasteiger partial charge in [-0.15, -0.1) is 20.1 Å². The predicted octanol–water partition coefficient (Wildman–Crippen LogP) is 2.78. The Balaban J connectivity index is 1.61. The molecule has 0 spiro atoms. The van der Waals surface area contributed by atoms with Crippen LogP contribution < -0.4 is 14.8 Å². The standard InChI is InChI=1S/C15H12F2N2O4S/c1-19(14(21)12-3-2-6-24-12)8-13(20)18-9-4-5-10-11(7-9)23-15(16,17)22-10/h2-7H,8H2,1H3,(H,18,20). The molecule has 2 amide bonds. The number of anilines is 1. The Morgan fingerprint density at radius 3 is 2.71 bits per heavy atom. The number of nitrogens with zero attached hydrogens (tertiary/aromatic N) is 1. The molecule has 0 unspecified atom stereocenters. The molecule has 0 fully saturated rings. The van der Waals surface area contributed by atoms with Crippen LogP contribution in [-0.2, 0) is 4.79 Å².